The lowest BCUT2D eigenvalue weighted by Gasteiger charge is -2.23. The number of hydrogen-bond acceptors (Lipinski definition) is 5. The van der Waals surface area contributed by atoms with Gasteiger partial charge in [0.15, 0.2) is 0 Å². The number of rotatable bonds is 5. The van der Waals surface area contributed by atoms with E-state index in [9.17, 15) is 13.2 Å². The van der Waals surface area contributed by atoms with Gasteiger partial charge in [0.1, 0.15) is 9.84 Å². The van der Waals surface area contributed by atoms with Gasteiger partial charge in [-0.25, -0.2) is 8.42 Å². The molecule has 6 nitrogen and oxygen atoms in total. The Balaban J connectivity index is 2.14. The summed E-state index contributed by atoms with van der Waals surface area (Å²) in [5.41, 5.74) is 0. The van der Waals surface area contributed by atoms with E-state index in [0.29, 0.717) is 19.5 Å². The lowest BCUT2D eigenvalue weighted by atomic mass is 10.2. The highest BCUT2D eigenvalue weighted by Gasteiger charge is 2.19. The van der Waals surface area contributed by atoms with Gasteiger partial charge in [-0.15, -0.1) is 0 Å². The molecule has 16 heavy (non-hydrogen) atoms. The van der Waals surface area contributed by atoms with Crippen molar-refractivity contribution in [1.29, 1.82) is 0 Å². The first kappa shape index (κ1) is 13.4. The first-order valence-electron chi connectivity index (χ1n) is 5.38. The molecule has 1 unspecified atom stereocenters. The van der Waals surface area contributed by atoms with E-state index in [2.05, 4.69) is 16.0 Å². The molecule has 1 fully saturated rings. The predicted octanol–water partition coefficient (Wildman–Crippen LogP) is -1.90. The van der Waals surface area contributed by atoms with Crippen molar-refractivity contribution < 1.29 is 13.2 Å². The molecule has 1 heterocycles. The van der Waals surface area contributed by atoms with Crippen LogP contribution in [0.2, 0.25) is 0 Å². The number of carbonyl (C=O) groups is 1. The van der Waals surface area contributed by atoms with Gasteiger partial charge in [0.2, 0.25) is 5.91 Å². The Kier molecular flexibility index (Phi) is 5.17. The second kappa shape index (κ2) is 6.17. The topological polar surface area (TPSA) is 87.3 Å². The maximum Gasteiger partial charge on any atom is 0.238 e. The molecule has 0 radical (unpaired) electrons. The highest BCUT2D eigenvalue weighted by atomic mass is 32.2. The van der Waals surface area contributed by atoms with E-state index < -0.39 is 9.84 Å². The van der Waals surface area contributed by atoms with Crippen LogP contribution in [0.3, 0.4) is 0 Å². The fraction of sp³-hybridized carbons (Fsp3) is 0.889. The number of amides is 1. The van der Waals surface area contributed by atoms with E-state index in [1.165, 1.54) is 6.26 Å². The first-order chi connectivity index (χ1) is 7.49. The van der Waals surface area contributed by atoms with Gasteiger partial charge in [0, 0.05) is 32.4 Å². The van der Waals surface area contributed by atoms with Gasteiger partial charge in [0.05, 0.1) is 11.8 Å². The molecule has 1 aliphatic heterocycles. The minimum absolute atomic E-state index is 0.0688. The van der Waals surface area contributed by atoms with Crippen LogP contribution in [-0.4, -0.2) is 58.6 Å². The molecule has 0 aromatic carbocycles. The summed E-state index contributed by atoms with van der Waals surface area (Å²) in [7, 11) is -2.93. The van der Waals surface area contributed by atoms with Gasteiger partial charge >= 0.3 is 0 Å². The molecule has 7 heteroatoms. The van der Waals surface area contributed by atoms with Crippen LogP contribution in [0.15, 0.2) is 0 Å². The summed E-state index contributed by atoms with van der Waals surface area (Å²) in [5.74, 6) is 0.0459. The van der Waals surface area contributed by atoms with Crippen LogP contribution < -0.4 is 16.0 Å². The zero-order valence-electron chi connectivity index (χ0n) is 9.45. The lowest BCUT2D eigenvalue weighted by molar-refractivity contribution is -0.123. The molecule has 0 aliphatic carbocycles. The monoisotopic (exact) mass is 249 g/mol. The SMILES string of the molecule is CS(=O)(=O)CCCNC(=O)C1CNCCN1. The molecule has 1 atom stereocenters. The molecule has 0 aromatic heterocycles. The van der Waals surface area contributed by atoms with Gasteiger partial charge in [0.25, 0.3) is 0 Å². The van der Waals surface area contributed by atoms with Crippen molar-refractivity contribution in [3.05, 3.63) is 0 Å². The average molecular weight is 249 g/mol. The van der Waals surface area contributed by atoms with E-state index in [0.717, 1.165) is 13.1 Å². The van der Waals surface area contributed by atoms with Crippen LogP contribution in [-0.2, 0) is 14.6 Å². The lowest BCUT2D eigenvalue weighted by Crippen LogP contribution is -2.55. The number of piperazine rings is 1. The van der Waals surface area contributed by atoms with Gasteiger partial charge in [-0.05, 0) is 6.42 Å². The van der Waals surface area contributed by atoms with E-state index in [1.54, 1.807) is 0 Å². The van der Waals surface area contributed by atoms with Crippen molar-refractivity contribution in [2.45, 2.75) is 12.5 Å². The summed E-state index contributed by atoms with van der Waals surface area (Å²) < 4.78 is 21.7. The van der Waals surface area contributed by atoms with Crippen LogP contribution in [0.4, 0.5) is 0 Å². The molecule has 1 saturated heterocycles. The van der Waals surface area contributed by atoms with Gasteiger partial charge in [-0.2, -0.15) is 0 Å². The predicted molar refractivity (Wildman–Crippen MR) is 62.0 cm³/mol. The Morgan fingerprint density at radius 2 is 2.19 bits per heavy atom. The zero-order chi connectivity index (χ0) is 12.0. The number of carbonyl (C=O) groups excluding carboxylic acids is 1. The molecule has 0 aromatic rings. The second-order valence-corrected chi connectivity index (χ2v) is 6.25. The number of hydrogen-bond donors (Lipinski definition) is 3. The van der Waals surface area contributed by atoms with Gasteiger partial charge < -0.3 is 16.0 Å². The van der Waals surface area contributed by atoms with Crippen molar-refractivity contribution >= 4 is 15.7 Å². The second-order valence-electron chi connectivity index (χ2n) is 3.99. The Labute approximate surface area is 96.1 Å². The molecule has 1 amide bonds. The summed E-state index contributed by atoms with van der Waals surface area (Å²) in [6.07, 6.45) is 1.66. The summed E-state index contributed by atoms with van der Waals surface area (Å²) in [5, 5.41) is 8.91. The molecular formula is C9H19N3O3S. The Bertz CT molecular complexity index is 323. The largest absolute Gasteiger partial charge is 0.355 e. The van der Waals surface area contributed by atoms with E-state index in [1.807, 2.05) is 0 Å². The minimum Gasteiger partial charge on any atom is -0.355 e. The van der Waals surface area contributed by atoms with Crippen LogP contribution in [0.1, 0.15) is 6.42 Å². The Morgan fingerprint density at radius 3 is 2.75 bits per heavy atom. The highest BCUT2D eigenvalue weighted by Crippen LogP contribution is 1.90. The van der Waals surface area contributed by atoms with Crippen molar-refractivity contribution in [2.75, 3.05) is 38.2 Å². The molecule has 0 saturated carbocycles. The Hall–Kier alpha value is -0.660. The smallest absolute Gasteiger partial charge is 0.238 e. The summed E-state index contributed by atoms with van der Waals surface area (Å²) >= 11 is 0. The van der Waals surface area contributed by atoms with Crippen LogP contribution in [0, 0.1) is 0 Å². The van der Waals surface area contributed by atoms with Crippen LogP contribution >= 0.6 is 0 Å². The molecule has 94 valence electrons. The molecule has 1 aliphatic rings. The van der Waals surface area contributed by atoms with Crippen molar-refractivity contribution in [3.63, 3.8) is 0 Å². The normalized spacial score (nSPS) is 21.7. The van der Waals surface area contributed by atoms with Crippen molar-refractivity contribution in [3.8, 4) is 0 Å². The number of sulfone groups is 1. The summed E-state index contributed by atoms with van der Waals surface area (Å²) in [4.78, 5) is 11.6. The standard InChI is InChI=1S/C9H19N3O3S/c1-16(14,15)6-2-3-12-9(13)8-7-10-4-5-11-8/h8,10-11H,2-7H2,1H3,(H,12,13). The molecule has 0 bridgehead atoms. The van der Waals surface area contributed by atoms with Crippen molar-refractivity contribution in [2.24, 2.45) is 0 Å². The maximum atomic E-state index is 11.6. The molecule has 3 N–H and O–H groups in total. The van der Waals surface area contributed by atoms with E-state index in [4.69, 9.17) is 0 Å². The third-order valence-corrected chi connectivity index (χ3v) is 3.38. The van der Waals surface area contributed by atoms with Gasteiger partial charge in [-0.1, -0.05) is 0 Å². The summed E-state index contributed by atoms with van der Waals surface area (Å²) in [6.45, 7) is 2.68. The van der Waals surface area contributed by atoms with E-state index in [-0.39, 0.29) is 17.7 Å². The number of nitrogens with one attached hydrogen (secondary N) is 3. The van der Waals surface area contributed by atoms with E-state index >= 15 is 0 Å². The molecule has 1 rings (SSSR count). The quantitative estimate of drug-likeness (QED) is 0.495. The fourth-order valence-corrected chi connectivity index (χ4v) is 2.18. The third kappa shape index (κ3) is 5.43. The minimum atomic E-state index is -2.93. The average Bonchev–Trinajstić information content (AvgIpc) is 2.24. The summed E-state index contributed by atoms with van der Waals surface area (Å²) in [6, 6.07) is -0.202. The highest BCUT2D eigenvalue weighted by molar-refractivity contribution is 7.90. The first-order valence-corrected chi connectivity index (χ1v) is 7.44. The molecular weight excluding hydrogens is 230 g/mol. The Morgan fingerprint density at radius 1 is 1.44 bits per heavy atom. The fourth-order valence-electron chi connectivity index (χ4n) is 1.51. The van der Waals surface area contributed by atoms with Crippen LogP contribution in [0.25, 0.3) is 0 Å². The zero-order valence-corrected chi connectivity index (χ0v) is 10.3. The third-order valence-electron chi connectivity index (χ3n) is 2.35. The van der Waals surface area contributed by atoms with Gasteiger partial charge in [-0.3, -0.25) is 4.79 Å². The maximum absolute atomic E-state index is 11.6. The van der Waals surface area contributed by atoms with Crippen molar-refractivity contribution in [1.82, 2.24) is 16.0 Å². The van der Waals surface area contributed by atoms with Crippen LogP contribution in [0.5, 0.6) is 0 Å². The molecule has 0 spiro atoms.